The monoisotopic (exact) mass is 829 g/mol. The van der Waals surface area contributed by atoms with Gasteiger partial charge in [-0.05, 0) is 144 Å². The van der Waals surface area contributed by atoms with Gasteiger partial charge >= 0.3 is 0 Å². The van der Waals surface area contributed by atoms with Crippen LogP contribution in [-0.2, 0) is 10.8 Å². The molecule has 0 N–H and O–H groups in total. The van der Waals surface area contributed by atoms with Crippen LogP contribution in [-0.4, -0.2) is 0 Å². The van der Waals surface area contributed by atoms with Crippen LogP contribution in [0, 0.1) is 0 Å². The summed E-state index contributed by atoms with van der Waals surface area (Å²) in [4.78, 5) is 2.44. The normalized spacial score (nSPS) is 15.1. The summed E-state index contributed by atoms with van der Waals surface area (Å²) >= 11 is 0. The molecule has 10 aromatic rings. The fraction of sp³-hybridized carbons (Fsp3) is 0.0625. The summed E-state index contributed by atoms with van der Waals surface area (Å²) in [6.45, 7) is 4.72. The average molecular weight is 830 g/mol. The molecule has 1 nitrogen and oxygen atoms in total. The SMILES string of the molecule is CC1(C)c2ccccc2-c2ccc(N(c3ccccc3)c3cc(-c4ccccc4)cc(-c4ccc5c(c4)-c4ccccc4C5(c4ccccc4)c4cccc(-c5ccccc5)c4)c3)cc21. The van der Waals surface area contributed by atoms with Crippen LogP contribution < -0.4 is 4.90 Å². The lowest BCUT2D eigenvalue weighted by molar-refractivity contribution is 0.660. The van der Waals surface area contributed by atoms with Crippen LogP contribution in [0.5, 0.6) is 0 Å². The summed E-state index contributed by atoms with van der Waals surface area (Å²) < 4.78 is 0. The molecule has 0 saturated carbocycles. The fourth-order valence-electron chi connectivity index (χ4n) is 11.1. The molecule has 0 aliphatic heterocycles. The van der Waals surface area contributed by atoms with E-state index in [-0.39, 0.29) is 5.41 Å². The Morgan fingerprint density at radius 3 is 1.48 bits per heavy atom. The van der Waals surface area contributed by atoms with Gasteiger partial charge in [0.15, 0.2) is 0 Å². The molecule has 2 aliphatic carbocycles. The topological polar surface area (TPSA) is 3.24 Å². The third-order valence-electron chi connectivity index (χ3n) is 14.1. The molecular weight excluding hydrogens is 783 g/mol. The largest absolute Gasteiger partial charge is 0.310 e. The number of para-hydroxylation sites is 1. The maximum absolute atomic E-state index is 2.45. The van der Waals surface area contributed by atoms with E-state index in [0.717, 1.165) is 17.1 Å². The molecule has 0 radical (unpaired) electrons. The maximum Gasteiger partial charge on any atom is 0.0713 e. The number of hydrogen-bond acceptors (Lipinski definition) is 1. The molecule has 0 spiro atoms. The Morgan fingerprint density at radius 2 is 0.769 bits per heavy atom. The van der Waals surface area contributed by atoms with Crippen molar-refractivity contribution in [3.63, 3.8) is 0 Å². The maximum atomic E-state index is 2.45. The highest BCUT2D eigenvalue weighted by molar-refractivity contribution is 5.92. The van der Waals surface area contributed by atoms with Gasteiger partial charge in [-0.1, -0.05) is 208 Å². The molecule has 0 amide bonds. The van der Waals surface area contributed by atoms with Crippen LogP contribution in [0.2, 0.25) is 0 Å². The first-order valence-corrected chi connectivity index (χ1v) is 22.7. The molecule has 308 valence electrons. The Kier molecular flexibility index (Phi) is 9.14. The lowest BCUT2D eigenvalue weighted by Gasteiger charge is -2.34. The van der Waals surface area contributed by atoms with E-state index >= 15 is 0 Å². The summed E-state index contributed by atoms with van der Waals surface area (Å²) in [6, 6.07) is 92.1. The van der Waals surface area contributed by atoms with Crippen molar-refractivity contribution in [1.82, 2.24) is 0 Å². The van der Waals surface area contributed by atoms with Gasteiger partial charge < -0.3 is 4.90 Å². The minimum Gasteiger partial charge on any atom is -0.310 e. The average Bonchev–Trinajstić information content (AvgIpc) is 3.80. The minimum atomic E-state index is -0.515. The number of rotatable bonds is 8. The highest BCUT2D eigenvalue weighted by Gasteiger charge is 2.46. The standard InChI is InChI=1S/C64H47N/c1-63(2)59-32-17-15-30-55(59)57-36-35-53(43-62(57)63)65(52-28-13-6-14-29-52)54-40-48(45-22-9-4-10-23-45)38-49(41-54)47-34-37-61-58(42-47)56-31-16-18-33-60(56)64(61,50-25-11-5-12-26-50)51-27-19-24-46(39-51)44-20-7-3-8-21-44/h3-43H,1-2H3. The van der Waals surface area contributed by atoms with Crippen molar-refractivity contribution in [3.05, 3.63) is 282 Å². The highest BCUT2D eigenvalue weighted by atomic mass is 15.1. The van der Waals surface area contributed by atoms with Crippen LogP contribution in [0.4, 0.5) is 17.1 Å². The van der Waals surface area contributed by atoms with Gasteiger partial charge in [0.2, 0.25) is 0 Å². The van der Waals surface area contributed by atoms with Crippen LogP contribution >= 0.6 is 0 Å². The van der Waals surface area contributed by atoms with E-state index in [2.05, 4.69) is 267 Å². The molecular formula is C64H47N. The van der Waals surface area contributed by atoms with Crippen molar-refractivity contribution >= 4 is 17.1 Å². The van der Waals surface area contributed by atoms with Gasteiger partial charge in [0.25, 0.3) is 0 Å². The Labute approximate surface area is 382 Å². The van der Waals surface area contributed by atoms with Crippen LogP contribution in [0.25, 0.3) is 55.6 Å². The molecule has 2 aliphatic rings. The second-order valence-electron chi connectivity index (χ2n) is 18.1. The van der Waals surface area contributed by atoms with Gasteiger partial charge in [-0.15, -0.1) is 0 Å². The van der Waals surface area contributed by atoms with Crippen LogP contribution in [0.1, 0.15) is 47.2 Å². The van der Waals surface area contributed by atoms with Crippen molar-refractivity contribution in [2.24, 2.45) is 0 Å². The molecule has 0 aromatic heterocycles. The number of fused-ring (bicyclic) bond motifs is 6. The van der Waals surface area contributed by atoms with Gasteiger partial charge in [-0.3, -0.25) is 0 Å². The van der Waals surface area contributed by atoms with E-state index in [1.54, 1.807) is 0 Å². The van der Waals surface area contributed by atoms with Crippen molar-refractivity contribution in [1.29, 1.82) is 0 Å². The molecule has 0 fully saturated rings. The second kappa shape index (κ2) is 15.4. The van der Waals surface area contributed by atoms with E-state index in [9.17, 15) is 0 Å². The molecule has 1 unspecified atom stereocenters. The number of benzene rings is 10. The molecule has 1 atom stereocenters. The zero-order chi connectivity index (χ0) is 43.5. The van der Waals surface area contributed by atoms with E-state index in [1.807, 2.05) is 0 Å². The van der Waals surface area contributed by atoms with E-state index in [1.165, 1.54) is 89.0 Å². The van der Waals surface area contributed by atoms with Gasteiger partial charge in [-0.2, -0.15) is 0 Å². The van der Waals surface area contributed by atoms with Crippen molar-refractivity contribution in [3.8, 4) is 55.6 Å². The quantitative estimate of drug-likeness (QED) is 0.147. The predicted molar refractivity (Wildman–Crippen MR) is 272 cm³/mol. The van der Waals surface area contributed by atoms with Crippen LogP contribution in [0.3, 0.4) is 0 Å². The van der Waals surface area contributed by atoms with E-state index in [0.29, 0.717) is 0 Å². The molecule has 10 aromatic carbocycles. The van der Waals surface area contributed by atoms with Gasteiger partial charge in [0, 0.05) is 22.5 Å². The molecule has 12 rings (SSSR count). The summed E-state index contributed by atoms with van der Waals surface area (Å²) in [5.74, 6) is 0. The summed E-state index contributed by atoms with van der Waals surface area (Å²) in [6.07, 6.45) is 0. The number of hydrogen-bond donors (Lipinski definition) is 0. The molecule has 0 saturated heterocycles. The zero-order valence-electron chi connectivity index (χ0n) is 36.6. The Morgan fingerprint density at radius 1 is 0.262 bits per heavy atom. The van der Waals surface area contributed by atoms with Crippen LogP contribution in [0.15, 0.2) is 249 Å². The number of anilines is 3. The predicted octanol–water partition coefficient (Wildman–Crippen LogP) is 16.8. The highest BCUT2D eigenvalue weighted by Crippen LogP contribution is 2.57. The lowest BCUT2D eigenvalue weighted by atomic mass is 9.67. The molecule has 1 heteroatoms. The summed E-state index contributed by atoms with van der Waals surface area (Å²) in [5, 5.41) is 0. The van der Waals surface area contributed by atoms with Gasteiger partial charge in [0.05, 0.1) is 5.41 Å². The number of nitrogens with zero attached hydrogens (tertiary/aromatic N) is 1. The van der Waals surface area contributed by atoms with Crippen molar-refractivity contribution in [2.75, 3.05) is 4.90 Å². The first-order valence-electron chi connectivity index (χ1n) is 22.7. The summed E-state index contributed by atoms with van der Waals surface area (Å²) in [5.41, 5.74) is 22.9. The van der Waals surface area contributed by atoms with Gasteiger partial charge in [0.1, 0.15) is 0 Å². The van der Waals surface area contributed by atoms with Crippen molar-refractivity contribution in [2.45, 2.75) is 24.7 Å². The first-order chi connectivity index (χ1) is 32.0. The zero-order valence-corrected chi connectivity index (χ0v) is 36.6. The summed E-state index contributed by atoms with van der Waals surface area (Å²) in [7, 11) is 0. The minimum absolute atomic E-state index is 0.125. The second-order valence-corrected chi connectivity index (χ2v) is 18.1. The smallest absolute Gasteiger partial charge is 0.0713 e. The van der Waals surface area contributed by atoms with E-state index in [4.69, 9.17) is 0 Å². The lowest BCUT2D eigenvalue weighted by Crippen LogP contribution is -2.28. The third kappa shape index (κ3) is 6.22. The third-order valence-corrected chi connectivity index (χ3v) is 14.1. The fourth-order valence-corrected chi connectivity index (χ4v) is 11.1. The molecule has 65 heavy (non-hydrogen) atoms. The molecule has 0 bridgehead atoms. The van der Waals surface area contributed by atoms with Crippen molar-refractivity contribution < 1.29 is 0 Å². The molecule has 0 heterocycles. The Hall–Kier alpha value is -8.00. The Balaban J connectivity index is 1.06. The van der Waals surface area contributed by atoms with E-state index < -0.39 is 5.41 Å². The Bertz CT molecular complexity index is 3390. The van der Waals surface area contributed by atoms with Gasteiger partial charge in [-0.25, -0.2) is 0 Å². The first kappa shape index (κ1) is 38.7.